The highest BCUT2D eigenvalue weighted by atomic mass is 28.4. The van der Waals surface area contributed by atoms with Gasteiger partial charge in [0.15, 0.2) is 8.32 Å². The maximum Gasteiger partial charge on any atom is 0.308 e. The van der Waals surface area contributed by atoms with E-state index < -0.39 is 8.32 Å². The first-order valence-electron chi connectivity index (χ1n) is 10.6. The van der Waals surface area contributed by atoms with Crippen molar-refractivity contribution in [2.75, 3.05) is 20.3 Å². The van der Waals surface area contributed by atoms with Crippen molar-refractivity contribution in [2.24, 2.45) is 0 Å². The molecule has 0 radical (unpaired) electrons. The fraction of sp³-hybridized carbons (Fsp3) is 0.609. The Kier molecular flexibility index (Phi) is 11.9. The van der Waals surface area contributed by atoms with Gasteiger partial charge in [-0.25, -0.2) is 0 Å². The molecular weight excluding hydrogens is 384 g/mol. The van der Waals surface area contributed by atoms with E-state index in [0.717, 1.165) is 35.0 Å². The summed E-state index contributed by atoms with van der Waals surface area (Å²) in [5.41, 5.74) is 2.12. The smallest absolute Gasteiger partial charge is 0.308 e. The molecule has 0 spiro atoms. The molecule has 5 nitrogen and oxygen atoms in total. The summed E-state index contributed by atoms with van der Waals surface area (Å²) in [6.07, 6.45) is 2.03. The predicted molar refractivity (Wildman–Crippen MR) is 120 cm³/mol. The molecule has 1 aromatic carbocycles. The maximum absolute atomic E-state index is 12.1. The third-order valence-corrected chi connectivity index (χ3v) is 10.1. The van der Waals surface area contributed by atoms with Gasteiger partial charge >= 0.3 is 5.97 Å². The van der Waals surface area contributed by atoms with E-state index in [2.05, 4.69) is 20.8 Å². The summed E-state index contributed by atoms with van der Waals surface area (Å²) in [6.45, 7) is 11.8. The molecule has 0 bridgehead atoms. The van der Waals surface area contributed by atoms with Crippen molar-refractivity contribution in [3.63, 3.8) is 0 Å². The second-order valence-corrected chi connectivity index (χ2v) is 11.9. The van der Waals surface area contributed by atoms with Crippen LogP contribution in [0.5, 0.6) is 5.75 Å². The number of benzene rings is 1. The molecule has 0 aliphatic heterocycles. The van der Waals surface area contributed by atoms with Crippen molar-refractivity contribution in [1.82, 2.24) is 0 Å². The predicted octanol–water partition coefficient (Wildman–Crippen LogP) is 5.50. The second kappa shape index (κ2) is 13.6. The van der Waals surface area contributed by atoms with Crippen molar-refractivity contribution in [2.45, 2.75) is 71.9 Å². The van der Waals surface area contributed by atoms with Crippen LogP contribution in [0.4, 0.5) is 0 Å². The third-order valence-electron chi connectivity index (χ3n) is 5.44. The first-order chi connectivity index (χ1) is 13.9. The normalized spacial score (nSPS) is 13.2. The molecule has 6 heteroatoms. The highest BCUT2D eigenvalue weighted by molar-refractivity contribution is 6.73. The van der Waals surface area contributed by atoms with Crippen LogP contribution in [-0.2, 0) is 25.3 Å². The zero-order valence-corrected chi connectivity index (χ0v) is 20.0. The van der Waals surface area contributed by atoms with Gasteiger partial charge < -0.3 is 18.6 Å². The average molecular weight is 423 g/mol. The summed E-state index contributed by atoms with van der Waals surface area (Å²) in [5.74, 6) is 0.620. The first-order valence-corrected chi connectivity index (χ1v) is 13.2. The van der Waals surface area contributed by atoms with E-state index in [0.29, 0.717) is 19.8 Å². The van der Waals surface area contributed by atoms with Crippen LogP contribution in [0.15, 0.2) is 35.9 Å². The van der Waals surface area contributed by atoms with E-state index >= 15 is 0 Å². The van der Waals surface area contributed by atoms with Crippen LogP contribution in [0.25, 0.3) is 0 Å². The van der Waals surface area contributed by atoms with Gasteiger partial charge in [0, 0.05) is 0 Å². The summed E-state index contributed by atoms with van der Waals surface area (Å²) in [6, 6.07) is 11.0. The number of carbonyl (C=O) groups is 1. The summed E-state index contributed by atoms with van der Waals surface area (Å²) in [5, 5.41) is 0. The zero-order chi connectivity index (χ0) is 21.7. The quantitative estimate of drug-likeness (QED) is 0.171. The van der Waals surface area contributed by atoms with Crippen LogP contribution in [0, 0.1) is 0 Å². The van der Waals surface area contributed by atoms with Gasteiger partial charge in [-0.3, -0.25) is 4.79 Å². The molecule has 1 rings (SSSR count). The number of esters is 1. The average Bonchev–Trinajstić information content (AvgIpc) is 2.75. The van der Waals surface area contributed by atoms with Crippen molar-refractivity contribution in [3.05, 3.63) is 41.5 Å². The van der Waals surface area contributed by atoms with Gasteiger partial charge in [0.05, 0.1) is 39.5 Å². The lowest BCUT2D eigenvalue weighted by molar-refractivity contribution is -0.144. The van der Waals surface area contributed by atoms with E-state index in [1.807, 2.05) is 44.2 Å². The summed E-state index contributed by atoms with van der Waals surface area (Å²) in [4.78, 5) is 12.1. The van der Waals surface area contributed by atoms with E-state index in [1.54, 1.807) is 7.11 Å². The van der Waals surface area contributed by atoms with Gasteiger partial charge in [0.1, 0.15) is 5.75 Å². The number of rotatable bonds is 14. The van der Waals surface area contributed by atoms with E-state index in [9.17, 15) is 4.79 Å². The molecule has 0 heterocycles. The van der Waals surface area contributed by atoms with E-state index in [1.165, 1.54) is 0 Å². The van der Waals surface area contributed by atoms with Gasteiger partial charge in [-0.15, -0.1) is 0 Å². The summed E-state index contributed by atoms with van der Waals surface area (Å²) in [7, 11) is -0.190. The zero-order valence-electron chi connectivity index (χ0n) is 19.0. The van der Waals surface area contributed by atoms with Crippen LogP contribution in [0.1, 0.15) is 46.6 Å². The Balaban J connectivity index is 2.74. The molecule has 0 saturated heterocycles. The largest absolute Gasteiger partial charge is 0.497 e. The molecule has 1 aromatic rings. The van der Waals surface area contributed by atoms with Crippen molar-refractivity contribution < 1.29 is 23.4 Å². The molecule has 164 valence electrons. The maximum atomic E-state index is 12.1. The lowest BCUT2D eigenvalue weighted by atomic mass is 10.1. The minimum atomic E-state index is -1.84. The molecule has 0 aromatic heterocycles. The Bertz CT molecular complexity index is 614. The first kappa shape index (κ1) is 25.4. The number of ether oxygens (including phenoxy) is 3. The monoisotopic (exact) mass is 422 g/mol. The van der Waals surface area contributed by atoms with Crippen LogP contribution in [0.3, 0.4) is 0 Å². The van der Waals surface area contributed by atoms with Crippen LogP contribution < -0.4 is 4.74 Å². The Hall–Kier alpha value is -1.63. The number of carbonyl (C=O) groups excluding carboxylic acids is 1. The number of methoxy groups -OCH3 is 1. The van der Waals surface area contributed by atoms with Gasteiger partial charge in [0.2, 0.25) is 0 Å². The van der Waals surface area contributed by atoms with Gasteiger partial charge in [-0.2, -0.15) is 0 Å². The van der Waals surface area contributed by atoms with Gasteiger partial charge in [-0.1, -0.05) is 39.0 Å². The third kappa shape index (κ3) is 8.72. The summed E-state index contributed by atoms with van der Waals surface area (Å²) < 4.78 is 22.7. The number of hydrogen-bond acceptors (Lipinski definition) is 5. The Morgan fingerprint density at radius 1 is 1.07 bits per heavy atom. The minimum Gasteiger partial charge on any atom is -0.497 e. The lowest BCUT2D eigenvalue weighted by Crippen LogP contribution is -2.41. The number of hydrogen-bond donors (Lipinski definition) is 0. The van der Waals surface area contributed by atoms with E-state index in [-0.39, 0.29) is 18.5 Å². The fourth-order valence-corrected chi connectivity index (χ4v) is 6.06. The Morgan fingerprint density at radius 2 is 1.69 bits per heavy atom. The van der Waals surface area contributed by atoms with Crippen molar-refractivity contribution in [3.8, 4) is 5.75 Å². The molecular formula is C23H38O5Si. The lowest BCUT2D eigenvalue weighted by Gasteiger charge is -2.33. The molecule has 0 amide bonds. The molecule has 0 saturated carbocycles. The van der Waals surface area contributed by atoms with Crippen molar-refractivity contribution >= 4 is 14.3 Å². The van der Waals surface area contributed by atoms with Gasteiger partial charge in [0.25, 0.3) is 0 Å². The molecule has 0 fully saturated rings. The standard InChI is InChI=1S/C23H38O5Si/c1-7-27-23(24)17-22(28-29(8-2,9-3)10-4)19(5)15-16-26-18-20-11-13-21(25-6)14-12-20/h11-15,22H,7-10,16-18H2,1-6H3/b19-15-. The second-order valence-electron chi connectivity index (χ2n) is 7.17. The molecule has 0 N–H and O–H groups in total. The molecule has 29 heavy (non-hydrogen) atoms. The minimum absolute atomic E-state index is 0.212. The summed E-state index contributed by atoms with van der Waals surface area (Å²) >= 11 is 0. The Labute approximate surface area is 177 Å². The van der Waals surface area contributed by atoms with Gasteiger partial charge in [-0.05, 0) is 55.2 Å². The topological polar surface area (TPSA) is 54.0 Å². The molecule has 1 unspecified atom stereocenters. The van der Waals surface area contributed by atoms with Crippen LogP contribution in [-0.4, -0.2) is 40.7 Å². The fourth-order valence-electron chi connectivity index (χ4n) is 3.19. The van der Waals surface area contributed by atoms with Crippen LogP contribution in [0.2, 0.25) is 18.1 Å². The highest BCUT2D eigenvalue weighted by Crippen LogP contribution is 2.27. The molecule has 0 aliphatic rings. The highest BCUT2D eigenvalue weighted by Gasteiger charge is 2.33. The van der Waals surface area contributed by atoms with E-state index in [4.69, 9.17) is 18.6 Å². The molecule has 1 atom stereocenters. The van der Waals surface area contributed by atoms with Crippen LogP contribution >= 0.6 is 0 Å². The molecule has 0 aliphatic carbocycles. The SMILES string of the molecule is CCOC(=O)CC(O[Si](CC)(CC)CC)/C(C)=C\COCc1ccc(OC)cc1. The van der Waals surface area contributed by atoms with Crippen molar-refractivity contribution in [1.29, 1.82) is 0 Å². The Morgan fingerprint density at radius 3 is 2.21 bits per heavy atom.